The Bertz CT molecular complexity index is 632. The third-order valence-electron chi connectivity index (χ3n) is 2.21. The Hall–Kier alpha value is -2.87. The average Bonchev–Trinajstić information content (AvgIpc) is 2.39. The van der Waals surface area contributed by atoms with Crippen LogP contribution in [-0.2, 0) is 0 Å². The van der Waals surface area contributed by atoms with Crippen LogP contribution in [0, 0.1) is 11.3 Å². The first-order valence-electron chi connectivity index (χ1n) is 5.14. The van der Waals surface area contributed by atoms with Crippen LogP contribution in [0.4, 0.5) is 0 Å². The average molecular weight is 239 g/mol. The van der Waals surface area contributed by atoms with Gasteiger partial charge in [-0.05, 0) is 18.2 Å². The number of benzene rings is 1. The van der Waals surface area contributed by atoms with Gasteiger partial charge in [0.2, 0.25) is 5.88 Å². The molecule has 5 heteroatoms. The zero-order valence-corrected chi connectivity index (χ0v) is 9.33. The summed E-state index contributed by atoms with van der Waals surface area (Å²) in [5.74, 6) is -0.0302. The zero-order valence-electron chi connectivity index (χ0n) is 9.33. The lowest BCUT2D eigenvalue weighted by molar-refractivity contribution is 0.0998. The number of pyridine rings is 1. The number of primary amides is 1. The molecule has 2 aromatic rings. The van der Waals surface area contributed by atoms with Crippen LogP contribution in [-0.4, -0.2) is 10.9 Å². The Kier molecular flexibility index (Phi) is 3.21. The van der Waals surface area contributed by atoms with Crippen molar-refractivity contribution in [1.29, 1.82) is 5.26 Å². The molecule has 1 aromatic heterocycles. The Labute approximate surface area is 103 Å². The SMILES string of the molecule is N#Cc1cccc(Oc2ccccc2C(N)=O)n1. The van der Waals surface area contributed by atoms with Gasteiger partial charge in [-0.3, -0.25) is 4.79 Å². The lowest BCUT2D eigenvalue weighted by Crippen LogP contribution is -2.12. The lowest BCUT2D eigenvalue weighted by Gasteiger charge is -2.07. The molecule has 0 unspecified atom stereocenters. The zero-order chi connectivity index (χ0) is 13.0. The van der Waals surface area contributed by atoms with Crippen molar-refractivity contribution in [1.82, 2.24) is 4.98 Å². The fraction of sp³-hybridized carbons (Fsp3) is 0. The molecule has 1 aromatic carbocycles. The topological polar surface area (TPSA) is 89.0 Å². The number of nitrogens with two attached hydrogens (primary N) is 1. The normalized spacial score (nSPS) is 9.50. The minimum atomic E-state index is -0.581. The highest BCUT2D eigenvalue weighted by molar-refractivity contribution is 5.95. The van der Waals surface area contributed by atoms with E-state index in [1.54, 1.807) is 42.5 Å². The van der Waals surface area contributed by atoms with E-state index >= 15 is 0 Å². The summed E-state index contributed by atoms with van der Waals surface area (Å²) in [5, 5.41) is 8.73. The number of para-hydroxylation sites is 1. The minimum absolute atomic E-state index is 0.239. The Morgan fingerprint density at radius 3 is 2.72 bits per heavy atom. The largest absolute Gasteiger partial charge is 0.438 e. The summed E-state index contributed by atoms with van der Waals surface area (Å²) < 4.78 is 5.45. The van der Waals surface area contributed by atoms with Gasteiger partial charge in [0, 0.05) is 6.07 Å². The van der Waals surface area contributed by atoms with E-state index in [-0.39, 0.29) is 17.1 Å². The van der Waals surface area contributed by atoms with Crippen molar-refractivity contribution in [2.24, 2.45) is 5.73 Å². The number of hydrogen-bond acceptors (Lipinski definition) is 4. The number of amides is 1. The van der Waals surface area contributed by atoms with E-state index < -0.39 is 5.91 Å². The predicted octanol–water partition coefficient (Wildman–Crippen LogP) is 1.84. The number of nitriles is 1. The van der Waals surface area contributed by atoms with Gasteiger partial charge in [0.05, 0.1) is 5.56 Å². The van der Waals surface area contributed by atoms with Crippen LogP contribution in [0.25, 0.3) is 0 Å². The summed E-state index contributed by atoms with van der Waals surface area (Å²) in [4.78, 5) is 15.2. The maximum absolute atomic E-state index is 11.2. The van der Waals surface area contributed by atoms with Gasteiger partial charge in [-0.1, -0.05) is 18.2 Å². The first-order valence-corrected chi connectivity index (χ1v) is 5.14. The number of carbonyl (C=O) groups is 1. The summed E-state index contributed by atoms with van der Waals surface area (Å²) in [6.07, 6.45) is 0. The highest BCUT2D eigenvalue weighted by atomic mass is 16.5. The molecule has 1 amide bonds. The maximum Gasteiger partial charge on any atom is 0.252 e. The van der Waals surface area contributed by atoms with Crippen LogP contribution in [0.5, 0.6) is 11.6 Å². The Morgan fingerprint density at radius 2 is 2.00 bits per heavy atom. The smallest absolute Gasteiger partial charge is 0.252 e. The highest BCUT2D eigenvalue weighted by Gasteiger charge is 2.09. The molecule has 88 valence electrons. The van der Waals surface area contributed by atoms with Crippen LogP contribution in [0.15, 0.2) is 42.5 Å². The molecule has 0 spiro atoms. The number of ether oxygens (including phenoxy) is 1. The van der Waals surface area contributed by atoms with E-state index in [0.717, 1.165) is 0 Å². The fourth-order valence-corrected chi connectivity index (χ4v) is 1.41. The fourth-order valence-electron chi connectivity index (χ4n) is 1.41. The predicted molar refractivity (Wildman–Crippen MR) is 64.0 cm³/mol. The molecule has 0 aliphatic carbocycles. The summed E-state index contributed by atoms with van der Waals surface area (Å²) in [6.45, 7) is 0. The van der Waals surface area contributed by atoms with E-state index in [2.05, 4.69) is 4.98 Å². The minimum Gasteiger partial charge on any atom is -0.438 e. The maximum atomic E-state index is 11.2. The van der Waals surface area contributed by atoms with Gasteiger partial charge >= 0.3 is 0 Å². The Balaban J connectivity index is 2.34. The molecule has 2 N–H and O–H groups in total. The molecular weight excluding hydrogens is 230 g/mol. The van der Waals surface area contributed by atoms with Crippen molar-refractivity contribution < 1.29 is 9.53 Å². The Morgan fingerprint density at radius 1 is 1.22 bits per heavy atom. The van der Waals surface area contributed by atoms with Gasteiger partial charge < -0.3 is 10.5 Å². The molecule has 0 aliphatic heterocycles. The number of hydrogen-bond donors (Lipinski definition) is 1. The molecular formula is C13H9N3O2. The van der Waals surface area contributed by atoms with Gasteiger partial charge in [0.25, 0.3) is 5.91 Å². The van der Waals surface area contributed by atoms with Crippen LogP contribution >= 0.6 is 0 Å². The van der Waals surface area contributed by atoms with Crippen molar-refractivity contribution in [3.63, 3.8) is 0 Å². The van der Waals surface area contributed by atoms with Crippen molar-refractivity contribution >= 4 is 5.91 Å². The lowest BCUT2D eigenvalue weighted by atomic mass is 10.2. The van der Waals surface area contributed by atoms with Gasteiger partial charge in [-0.25, -0.2) is 4.98 Å². The van der Waals surface area contributed by atoms with Crippen molar-refractivity contribution in [2.75, 3.05) is 0 Å². The van der Waals surface area contributed by atoms with Crippen molar-refractivity contribution in [3.05, 3.63) is 53.7 Å². The first kappa shape index (κ1) is 11.6. The van der Waals surface area contributed by atoms with E-state index in [9.17, 15) is 4.79 Å². The van der Waals surface area contributed by atoms with Crippen LogP contribution in [0.2, 0.25) is 0 Å². The van der Waals surface area contributed by atoms with Gasteiger partial charge in [0.15, 0.2) is 0 Å². The van der Waals surface area contributed by atoms with E-state index in [0.29, 0.717) is 5.75 Å². The number of rotatable bonds is 3. The van der Waals surface area contributed by atoms with Gasteiger partial charge in [-0.2, -0.15) is 5.26 Å². The molecule has 0 bridgehead atoms. The standard InChI is InChI=1S/C13H9N3O2/c14-8-9-4-3-7-12(16-9)18-11-6-2-1-5-10(11)13(15)17/h1-7H,(H2,15,17). The molecule has 0 saturated heterocycles. The quantitative estimate of drug-likeness (QED) is 0.884. The molecule has 0 saturated carbocycles. The molecule has 5 nitrogen and oxygen atoms in total. The number of aromatic nitrogens is 1. The molecule has 0 aliphatic rings. The third-order valence-corrected chi connectivity index (χ3v) is 2.21. The summed E-state index contributed by atoms with van der Waals surface area (Å²) in [5.41, 5.74) is 5.74. The first-order chi connectivity index (χ1) is 8.70. The van der Waals surface area contributed by atoms with Crippen molar-refractivity contribution in [2.45, 2.75) is 0 Å². The second-order valence-electron chi connectivity index (χ2n) is 3.44. The summed E-state index contributed by atoms with van der Waals surface area (Å²) in [7, 11) is 0. The summed E-state index contributed by atoms with van der Waals surface area (Å²) >= 11 is 0. The second kappa shape index (κ2) is 4.97. The van der Waals surface area contributed by atoms with Gasteiger partial charge in [-0.15, -0.1) is 0 Å². The van der Waals surface area contributed by atoms with Crippen molar-refractivity contribution in [3.8, 4) is 17.7 Å². The molecule has 18 heavy (non-hydrogen) atoms. The number of nitrogens with zero attached hydrogens (tertiary/aromatic N) is 2. The third kappa shape index (κ3) is 2.44. The second-order valence-corrected chi connectivity index (χ2v) is 3.44. The summed E-state index contributed by atoms with van der Waals surface area (Å²) in [6, 6.07) is 13.3. The van der Waals surface area contributed by atoms with E-state index in [1.807, 2.05) is 6.07 Å². The van der Waals surface area contributed by atoms with E-state index in [1.165, 1.54) is 0 Å². The molecule has 0 radical (unpaired) electrons. The number of carbonyl (C=O) groups excluding carboxylic acids is 1. The monoisotopic (exact) mass is 239 g/mol. The highest BCUT2D eigenvalue weighted by Crippen LogP contribution is 2.23. The molecule has 0 atom stereocenters. The van der Waals surface area contributed by atoms with E-state index in [4.69, 9.17) is 15.7 Å². The van der Waals surface area contributed by atoms with Crippen LogP contribution in [0.1, 0.15) is 16.1 Å². The van der Waals surface area contributed by atoms with Crippen LogP contribution in [0.3, 0.4) is 0 Å². The molecule has 0 fully saturated rings. The van der Waals surface area contributed by atoms with Crippen LogP contribution < -0.4 is 10.5 Å². The van der Waals surface area contributed by atoms with Gasteiger partial charge in [0.1, 0.15) is 17.5 Å². The molecule has 2 rings (SSSR count). The molecule has 1 heterocycles.